The Balaban J connectivity index is 1.45. The fourth-order valence-corrected chi connectivity index (χ4v) is 6.20. The van der Waals surface area contributed by atoms with E-state index < -0.39 is 47.2 Å². The SMILES string of the molecule is CC(=O)Oc1cc(NC(=O)CCN2C(=O)C(=Cc3cc(-c4cc(C(F)(F)F)cc(C(F)(F)F)c4)cs3)SC2=S)ccc1C(=O)O. The van der Waals surface area contributed by atoms with E-state index in [4.69, 9.17) is 17.0 Å². The van der Waals surface area contributed by atoms with Crippen molar-refractivity contribution in [3.63, 3.8) is 0 Å². The quantitative estimate of drug-likeness (QED) is 0.0834. The number of thioether (sulfide) groups is 1. The standard InChI is InChI=1S/C28H18F6N2O6S3/c1-13(37)42-21-10-18(2-3-20(21)25(40)41)35-23(38)4-5-36-24(39)22(45-26(36)43)11-19-8-15(12-44-19)14-6-16(27(29,30)31)9-17(7-14)28(32,33)34/h2-3,6-12H,4-5H2,1H3,(H,35,38)(H,40,41). The number of aromatic carboxylic acids is 1. The van der Waals surface area contributed by atoms with Crippen LogP contribution in [0.25, 0.3) is 17.2 Å². The second-order valence-corrected chi connectivity index (χ2v) is 11.9. The minimum absolute atomic E-state index is 0.0394. The van der Waals surface area contributed by atoms with Gasteiger partial charge in [0.1, 0.15) is 15.6 Å². The molecule has 1 aliphatic heterocycles. The molecule has 0 unspecified atom stereocenters. The minimum Gasteiger partial charge on any atom is -0.478 e. The number of rotatable bonds is 8. The van der Waals surface area contributed by atoms with Gasteiger partial charge in [0.2, 0.25) is 5.91 Å². The summed E-state index contributed by atoms with van der Waals surface area (Å²) in [7, 11) is 0. The van der Waals surface area contributed by atoms with Crippen LogP contribution in [0.4, 0.5) is 32.0 Å². The van der Waals surface area contributed by atoms with Crippen LogP contribution in [0.3, 0.4) is 0 Å². The predicted molar refractivity (Wildman–Crippen MR) is 158 cm³/mol. The van der Waals surface area contributed by atoms with Crippen LogP contribution in [-0.2, 0) is 26.7 Å². The number of nitrogens with one attached hydrogen (secondary N) is 1. The number of benzene rings is 2. The number of amides is 2. The number of carbonyl (C=O) groups is 4. The molecule has 2 amide bonds. The van der Waals surface area contributed by atoms with Crippen molar-refractivity contribution in [2.75, 3.05) is 11.9 Å². The van der Waals surface area contributed by atoms with Crippen molar-refractivity contribution in [1.29, 1.82) is 0 Å². The van der Waals surface area contributed by atoms with Crippen molar-refractivity contribution >= 4 is 75.2 Å². The summed E-state index contributed by atoms with van der Waals surface area (Å²) in [6.07, 6.45) is -8.84. The lowest BCUT2D eigenvalue weighted by molar-refractivity contribution is -0.143. The molecule has 8 nitrogen and oxygen atoms in total. The maximum absolute atomic E-state index is 13.3. The third-order valence-corrected chi connectivity index (χ3v) is 8.26. The maximum Gasteiger partial charge on any atom is 0.416 e. The molecule has 1 fully saturated rings. The molecule has 0 atom stereocenters. The van der Waals surface area contributed by atoms with Crippen LogP contribution in [0.1, 0.15) is 39.7 Å². The number of hydrogen-bond donors (Lipinski definition) is 2. The molecule has 2 heterocycles. The fraction of sp³-hybridized carbons (Fsp3) is 0.179. The molecule has 4 rings (SSSR count). The first-order valence-corrected chi connectivity index (χ1v) is 14.5. The number of carbonyl (C=O) groups excluding carboxylic acids is 3. The number of thiocarbonyl (C=S) groups is 1. The van der Waals surface area contributed by atoms with Gasteiger partial charge < -0.3 is 15.2 Å². The smallest absolute Gasteiger partial charge is 0.416 e. The molecule has 2 aromatic carbocycles. The van der Waals surface area contributed by atoms with Gasteiger partial charge in [0.25, 0.3) is 5.91 Å². The molecular weight excluding hydrogens is 671 g/mol. The van der Waals surface area contributed by atoms with Gasteiger partial charge in [0.05, 0.1) is 16.0 Å². The number of alkyl halides is 6. The second-order valence-electron chi connectivity index (χ2n) is 9.27. The van der Waals surface area contributed by atoms with E-state index in [2.05, 4.69) is 5.32 Å². The summed E-state index contributed by atoms with van der Waals surface area (Å²) in [4.78, 5) is 49.8. The lowest BCUT2D eigenvalue weighted by Gasteiger charge is -2.14. The van der Waals surface area contributed by atoms with Crippen LogP contribution in [0.15, 0.2) is 52.7 Å². The normalized spacial score (nSPS) is 14.6. The van der Waals surface area contributed by atoms with Crippen molar-refractivity contribution in [3.8, 4) is 16.9 Å². The molecule has 0 aliphatic carbocycles. The molecule has 0 saturated carbocycles. The van der Waals surface area contributed by atoms with Crippen molar-refractivity contribution in [2.24, 2.45) is 0 Å². The Bertz CT molecular complexity index is 1720. The third kappa shape index (κ3) is 8.29. The number of esters is 1. The van der Waals surface area contributed by atoms with Crippen molar-refractivity contribution in [3.05, 3.63) is 74.3 Å². The number of hydrogen-bond acceptors (Lipinski definition) is 8. The van der Waals surface area contributed by atoms with Gasteiger partial charge in [-0.15, -0.1) is 11.3 Å². The van der Waals surface area contributed by atoms with Crippen LogP contribution in [0.5, 0.6) is 5.75 Å². The molecule has 3 aromatic rings. The topological polar surface area (TPSA) is 113 Å². The molecular formula is C28H18F6N2O6S3. The second kappa shape index (κ2) is 13.0. The molecule has 2 N–H and O–H groups in total. The Morgan fingerprint density at radius 3 is 2.22 bits per heavy atom. The van der Waals surface area contributed by atoms with E-state index in [1.165, 1.54) is 23.6 Å². The highest BCUT2D eigenvalue weighted by Gasteiger charge is 2.37. The van der Waals surface area contributed by atoms with Gasteiger partial charge in [-0.3, -0.25) is 19.3 Å². The van der Waals surface area contributed by atoms with Gasteiger partial charge in [0, 0.05) is 36.5 Å². The molecule has 1 aliphatic rings. The summed E-state index contributed by atoms with van der Waals surface area (Å²) in [5.74, 6) is -3.54. The van der Waals surface area contributed by atoms with Crippen LogP contribution in [0, 0.1) is 0 Å². The summed E-state index contributed by atoms with van der Waals surface area (Å²) in [5, 5.41) is 13.1. The molecule has 236 valence electrons. The van der Waals surface area contributed by atoms with E-state index in [1.807, 2.05) is 0 Å². The highest BCUT2D eigenvalue weighted by Crippen LogP contribution is 2.40. The van der Waals surface area contributed by atoms with Gasteiger partial charge in [-0.2, -0.15) is 26.3 Å². The highest BCUT2D eigenvalue weighted by molar-refractivity contribution is 8.26. The highest BCUT2D eigenvalue weighted by atomic mass is 32.2. The van der Waals surface area contributed by atoms with E-state index in [9.17, 15) is 50.6 Å². The summed E-state index contributed by atoms with van der Waals surface area (Å²) in [6.45, 7) is 0.937. The lowest BCUT2D eigenvalue weighted by Crippen LogP contribution is -2.31. The summed E-state index contributed by atoms with van der Waals surface area (Å²) in [6, 6.07) is 6.20. The number of nitrogens with zero attached hydrogens (tertiary/aromatic N) is 1. The minimum atomic E-state index is -5.00. The van der Waals surface area contributed by atoms with Gasteiger partial charge in [-0.1, -0.05) is 24.0 Å². The molecule has 1 aromatic heterocycles. The number of anilines is 1. The Kier molecular flexibility index (Phi) is 9.74. The fourth-order valence-electron chi connectivity index (χ4n) is 3.98. The van der Waals surface area contributed by atoms with Crippen LogP contribution in [0.2, 0.25) is 0 Å². The van der Waals surface area contributed by atoms with Crippen molar-refractivity contribution < 1.29 is 55.4 Å². The number of thiophene rings is 1. The first-order chi connectivity index (χ1) is 20.9. The van der Waals surface area contributed by atoms with Gasteiger partial charge >= 0.3 is 24.3 Å². The van der Waals surface area contributed by atoms with Gasteiger partial charge in [-0.25, -0.2) is 4.79 Å². The Morgan fingerprint density at radius 2 is 1.64 bits per heavy atom. The number of carboxylic acid groups (broad SMARTS) is 1. The Labute approximate surface area is 263 Å². The first kappa shape index (κ1) is 33.7. The summed E-state index contributed by atoms with van der Waals surface area (Å²) in [5.41, 5.74) is -3.29. The molecule has 45 heavy (non-hydrogen) atoms. The molecule has 0 bridgehead atoms. The van der Waals surface area contributed by atoms with Gasteiger partial charge in [-0.05, 0) is 59.0 Å². The van der Waals surface area contributed by atoms with Crippen molar-refractivity contribution in [1.82, 2.24) is 4.90 Å². The van der Waals surface area contributed by atoms with Crippen LogP contribution >= 0.6 is 35.3 Å². The number of carboxylic acids is 1. The van der Waals surface area contributed by atoms with Crippen LogP contribution < -0.4 is 10.1 Å². The zero-order valence-electron chi connectivity index (χ0n) is 22.5. The zero-order chi connectivity index (χ0) is 33.3. The maximum atomic E-state index is 13.3. The molecule has 0 radical (unpaired) electrons. The van der Waals surface area contributed by atoms with Crippen LogP contribution in [-0.4, -0.2) is 44.6 Å². The van der Waals surface area contributed by atoms with E-state index >= 15 is 0 Å². The van der Waals surface area contributed by atoms with E-state index in [0.717, 1.165) is 47.1 Å². The third-order valence-electron chi connectivity index (χ3n) is 6.00. The van der Waals surface area contributed by atoms with Crippen molar-refractivity contribution in [2.45, 2.75) is 25.7 Å². The first-order valence-electron chi connectivity index (χ1n) is 12.4. The van der Waals surface area contributed by atoms with E-state index in [-0.39, 0.29) is 56.4 Å². The number of halogens is 6. The average molecular weight is 689 g/mol. The summed E-state index contributed by atoms with van der Waals surface area (Å²) >= 11 is 7.14. The molecule has 0 spiro atoms. The lowest BCUT2D eigenvalue weighted by atomic mass is 10.0. The summed E-state index contributed by atoms with van der Waals surface area (Å²) < 4.78 is 84.6. The van der Waals surface area contributed by atoms with Gasteiger partial charge in [0.15, 0.2) is 0 Å². The number of ether oxygens (including phenoxy) is 1. The molecule has 1 saturated heterocycles. The zero-order valence-corrected chi connectivity index (χ0v) is 25.0. The average Bonchev–Trinajstić information content (AvgIpc) is 3.49. The monoisotopic (exact) mass is 688 g/mol. The Morgan fingerprint density at radius 1 is 1.00 bits per heavy atom. The van der Waals surface area contributed by atoms with E-state index in [0.29, 0.717) is 17.0 Å². The predicted octanol–water partition coefficient (Wildman–Crippen LogP) is 7.31. The van der Waals surface area contributed by atoms with E-state index in [1.54, 1.807) is 0 Å². The largest absolute Gasteiger partial charge is 0.478 e. The molecule has 17 heteroatoms. The Hall–Kier alpha value is -4.22.